The zero-order chi connectivity index (χ0) is 16.4. The SMILES string of the molecule is Cl.Cl.O=C1CCCN1CCCn1ccnc1-c1cc2n(n1)CCCNC2. The molecule has 4 heterocycles. The van der Waals surface area contributed by atoms with Gasteiger partial charge in [0.05, 0.1) is 5.69 Å². The number of amides is 1. The van der Waals surface area contributed by atoms with Crippen molar-refractivity contribution in [1.82, 2.24) is 29.5 Å². The van der Waals surface area contributed by atoms with Crippen LogP contribution in [-0.2, 0) is 24.4 Å². The van der Waals surface area contributed by atoms with Gasteiger partial charge in [-0.05, 0) is 31.9 Å². The van der Waals surface area contributed by atoms with E-state index in [0.29, 0.717) is 12.3 Å². The summed E-state index contributed by atoms with van der Waals surface area (Å²) in [5.41, 5.74) is 2.16. The Morgan fingerprint density at radius 3 is 2.85 bits per heavy atom. The third kappa shape index (κ3) is 4.39. The number of carbonyl (C=O) groups excluding carboxylic acids is 1. The molecular weight excluding hydrogens is 375 g/mol. The number of likely N-dealkylation sites (tertiary alicyclic amines) is 1. The second kappa shape index (κ2) is 9.39. The van der Waals surface area contributed by atoms with Gasteiger partial charge in [0.2, 0.25) is 5.91 Å². The maximum Gasteiger partial charge on any atom is 0.222 e. The van der Waals surface area contributed by atoms with Crippen LogP contribution in [0.4, 0.5) is 0 Å². The lowest BCUT2D eigenvalue weighted by molar-refractivity contribution is -0.127. The average Bonchev–Trinajstić information content (AvgIpc) is 3.26. The number of aromatic nitrogens is 4. The van der Waals surface area contributed by atoms with Gasteiger partial charge in [0, 0.05) is 51.5 Å². The molecule has 2 aromatic heterocycles. The van der Waals surface area contributed by atoms with Gasteiger partial charge in [-0.3, -0.25) is 9.48 Å². The summed E-state index contributed by atoms with van der Waals surface area (Å²) in [5, 5.41) is 8.16. The van der Waals surface area contributed by atoms with Crippen molar-refractivity contribution in [3.8, 4) is 11.5 Å². The van der Waals surface area contributed by atoms with Crippen LogP contribution in [0, 0.1) is 0 Å². The number of hydrogen-bond donors (Lipinski definition) is 1. The zero-order valence-electron chi connectivity index (χ0n) is 14.8. The fraction of sp³-hybridized carbons (Fsp3) is 0.588. The second-order valence-electron chi connectivity index (χ2n) is 6.56. The van der Waals surface area contributed by atoms with Gasteiger partial charge in [0.1, 0.15) is 5.69 Å². The molecule has 0 saturated carbocycles. The van der Waals surface area contributed by atoms with Gasteiger partial charge in [-0.25, -0.2) is 4.98 Å². The largest absolute Gasteiger partial charge is 0.343 e. The fourth-order valence-corrected chi connectivity index (χ4v) is 3.57. The van der Waals surface area contributed by atoms with E-state index >= 15 is 0 Å². The molecule has 1 fully saturated rings. The lowest BCUT2D eigenvalue weighted by Gasteiger charge is -2.15. The molecule has 1 N–H and O–H groups in total. The Hall–Kier alpha value is -1.57. The van der Waals surface area contributed by atoms with E-state index in [9.17, 15) is 4.79 Å². The van der Waals surface area contributed by atoms with Crippen LogP contribution in [0.15, 0.2) is 18.5 Å². The molecule has 1 saturated heterocycles. The van der Waals surface area contributed by atoms with Crippen molar-refractivity contribution in [2.45, 2.75) is 45.3 Å². The van der Waals surface area contributed by atoms with Crippen molar-refractivity contribution in [2.75, 3.05) is 19.6 Å². The average molecular weight is 401 g/mol. The van der Waals surface area contributed by atoms with Gasteiger partial charge in [-0.2, -0.15) is 5.10 Å². The quantitative estimate of drug-likeness (QED) is 0.833. The molecule has 9 heteroatoms. The minimum absolute atomic E-state index is 0. The predicted octanol–water partition coefficient (Wildman–Crippen LogP) is 2.10. The Kier molecular flexibility index (Phi) is 7.49. The Labute approximate surface area is 166 Å². The maximum absolute atomic E-state index is 11.7. The third-order valence-corrected chi connectivity index (χ3v) is 4.84. The van der Waals surface area contributed by atoms with Crippen molar-refractivity contribution in [1.29, 1.82) is 0 Å². The third-order valence-electron chi connectivity index (χ3n) is 4.84. The van der Waals surface area contributed by atoms with Crippen LogP contribution >= 0.6 is 24.8 Å². The number of rotatable bonds is 5. The lowest BCUT2D eigenvalue weighted by Crippen LogP contribution is -2.26. The Balaban J connectivity index is 0.00000121. The number of halogens is 2. The highest BCUT2D eigenvalue weighted by Crippen LogP contribution is 2.19. The van der Waals surface area contributed by atoms with Gasteiger partial charge >= 0.3 is 0 Å². The summed E-state index contributed by atoms with van der Waals surface area (Å²) >= 11 is 0. The number of nitrogens with one attached hydrogen (secondary N) is 1. The molecule has 0 aromatic carbocycles. The van der Waals surface area contributed by atoms with Crippen molar-refractivity contribution in [3.63, 3.8) is 0 Å². The first kappa shape index (κ1) is 20.7. The van der Waals surface area contributed by atoms with Crippen LogP contribution in [-0.4, -0.2) is 49.8 Å². The highest BCUT2D eigenvalue weighted by Gasteiger charge is 2.20. The van der Waals surface area contributed by atoms with Crippen molar-refractivity contribution >= 4 is 30.7 Å². The highest BCUT2D eigenvalue weighted by atomic mass is 35.5. The number of carbonyl (C=O) groups is 1. The molecule has 0 bridgehead atoms. The smallest absolute Gasteiger partial charge is 0.222 e. The molecule has 144 valence electrons. The number of nitrogens with zero attached hydrogens (tertiary/aromatic N) is 5. The summed E-state index contributed by atoms with van der Waals surface area (Å²) in [6, 6.07) is 2.14. The van der Waals surface area contributed by atoms with E-state index in [2.05, 4.69) is 25.6 Å². The topological polar surface area (TPSA) is 68.0 Å². The Morgan fingerprint density at radius 2 is 2.04 bits per heavy atom. The van der Waals surface area contributed by atoms with Gasteiger partial charge in [0.25, 0.3) is 0 Å². The standard InChI is InChI=1S/C17H24N6O.2ClH/c24-16-4-1-7-21(16)8-3-9-22-11-6-19-17(22)15-12-14-13-18-5-2-10-23(14)20-15;;/h6,11-12,18H,1-5,7-10,13H2;2*1H. The van der Waals surface area contributed by atoms with E-state index < -0.39 is 0 Å². The molecule has 2 aliphatic rings. The first-order chi connectivity index (χ1) is 11.8. The minimum Gasteiger partial charge on any atom is -0.343 e. The number of hydrogen-bond acceptors (Lipinski definition) is 4. The van der Waals surface area contributed by atoms with Gasteiger partial charge in [0.15, 0.2) is 5.82 Å². The monoisotopic (exact) mass is 400 g/mol. The summed E-state index contributed by atoms with van der Waals surface area (Å²) in [6.45, 7) is 5.48. The molecule has 2 aliphatic heterocycles. The van der Waals surface area contributed by atoms with Crippen LogP contribution in [0.2, 0.25) is 0 Å². The first-order valence-corrected chi connectivity index (χ1v) is 8.88. The van der Waals surface area contributed by atoms with E-state index in [1.807, 2.05) is 17.3 Å². The van der Waals surface area contributed by atoms with Crippen molar-refractivity contribution < 1.29 is 4.79 Å². The van der Waals surface area contributed by atoms with Crippen LogP contribution in [0.3, 0.4) is 0 Å². The molecule has 26 heavy (non-hydrogen) atoms. The van der Waals surface area contributed by atoms with Crippen LogP contribution < -0.4 is 5.32 Å². The van der Waals surface area contributed by atoms with Gasteiger partial charge < -0.3 is 14.8 Å². The molecule has 0 atom stereocenters. The summed E-state index contributed by atoms with van der Waals surface area (Å²) < 4.78 is 4.24. The van der Waals surface area contributed by atoms with E-state index in [1.165, 1.54) is 5.69 Å². The maximum atomic E-state index is 11.7. The molecule has 0 aliphatic carbocycles. The number of imidazole rings is 1. The second-order valence-corrected chi connectivity index (χ2v) is 6.56. The number of fused-ring (bicyclic) bond motifs is 1. The Bertz CT molecular complexity index is 705. The first-order valence-electron chi connectivity index (χ1n) is 8.88. The lowest BCUT2D eigenvalue weighted by atomic mass is 10.3. The highest BCUT2D eigenvalue weighted by molar-refractivity contribution is 5.85. The van der Waals surface area contributed by atoms with Crippen LogP contribution in [0.1, 0.15) is 31.4 Å². The minimum atomic E-state index is 0. The zero-order valence-corrected chi connectivity index (χ0v) is 16.4. The number of aryl methyl sites for hydroxylation is 2. The van der Waals surface area contributed by atoms with E-state index in [1.54, 1.807) is 0 Å². The van der Waals surface area contributed by atoms with Crippen molar-refractivity contribution in [2.24, 2.45) is 0 Å². The summed E-state index contributed by atoms with van der Waals surface area (Å²) in [5.74, 6) is 1.22. The fourth-order valence-electron chi connectivity index (χ4n) is 3.57. The molecular formula is C17H26Cl2N6O. The molecule has 4 rings (SSSR count). The van der Waals surface area contributed by atoms with Crippen molar-refractivity contribution in [3.05, 3.63) is 24.2 Å². The molecule has 0 spiro atoms. The van der Waals surface area contributed by atoms with Gasteiger partial charge in [-0.15, -0.1) is 24.8 Å². The molecule has 7 nitrogen and oxygen atoms in total. The van der Waals surface area contributed by atoms with E-state index in [4.69, 9.17) is 5.10 Å². The Morgan fingerprint density at radius 1 is 1.15 bits per heavy atom. The van der Waals surface area contributed by atoms with Crippen LogP contribution in [0.5, 0.6) is 0 Å². The summed E-state index contributed by atoms with van der Waals surface area (Å²) in [4.78, 5) is 18.2. The van der Waals surface area contributed by atoms with Crippen LogP contribution in [0.25, 0.3) is 11.5 Å². The normalized spacial score (nSPS) is 16.6. The van der Waals surface area contributed by atoms with E-state index in [0.717, 1.165) is 70.0 Å². The van der Waals surface area contributed by atoms with E-state index in [-0.39, 0.29) is 24.8 Å². The molecule has 0 radical (unpaired) electrons. The molecule has 1 amide bonds. The summed E-state index contributed by atoms with van der Waals surface area (Å²) in [7, 11) is 0. The molecule has 2 aromatic rings. The predicted molar refractivity (Wildman–Crippen MR) is 105 cm³/mol. The van der Waals surface area contributed by atoms with Gasteiger partial charge in [-0.1, -0.05) is 0 Å². The summed E-state index contributed by atoms with van der Waals surface area (Å²) in [6.07, 6.45) is 7.60. The molecule has 0 unspecified atom stereocenters.